The van der Waals surface area contributed by atoms with Gasteiger partial charge in [-0.2, -0.15) is 0 Å². The van der Waals surface area contributed by atoms with E-state index in [4.69, 9.17) is 0 Å². The molecule has 1 N–H and O–H groups in total. The average molecular weight is 265 g/mol. The van der Waals surface area contributed by atoms with Crippen molar-refractivity contribution in [2.24, 2.45) is 0 Å². The number of Topliss-reactive ketones (excluding diaryl/α,β-unsaturated/α-hetero) is 1. The zero-order chi connectivity index (χ0) is 13.0. The Balaban J connectivity index is 2.05. The first-order valence-corrected chi connectivity index (χ1v) is 7.88. The van der Waals surface area contributed by atoms with Gasteiger partial charge in [-0.15, -0.1) is 11.3 Å². The van der Waals surface area contributed by atoms with Crippen LogP contribution in [-0.2, 0) is 17.6 Å². The van der Waals surface area contributed by atoms with E-state index in [2.05, 4.69) is 31.3 Å². The molecule has 1 fully saturated rings. The molecule has 3 heteroatoms. The first-order valence-electron chi connectivity index (χ1n) is 7.06. The Hall–Kier alpha value is -0.670. The zero-order valence-corrected chi connectivity index (χ0v) is 12.2. The lowest BCUT2D eigenvalue weighted by atomic mass is 9.85. The molecule has 1 unspecified atom stereocenters. The van der Waals surface area contributed by atoms with Crippen LogP contribution in [0.25, 0.3) is 0 Å². The van der Waals surface area contributed by atoms with E-state index in [0.29, 0.717) is 12.2 Å². The van der Waals surface area contributed by atoms with Gasteiger partial charge in [0.05, 0.1) is 5.54 Å². The summed E-state index contributed by atoms with van der Waals surface area (Å²) in [5.41, 5.74) is -0.217. The van der Waals surface area contributed by atoms with Crippen LogP contribution >= 0.6 is 11.3 Å². The lowest BCUT2D eigenvalue weighted by Crippen LogP contribution is -2.48. The molecule has 1 aromatic heterocycles. The molecule has 0 bridgehead atoms. The quantitative estimate of drug-likeness (QED) is 0.854. The van der Waals surface area contributed by atoms with E-state index in [1.165, 1.54) is 9.75 Å². The van der Waals surface area contributed by atoms with Crippen LogP contribution in [0.2, 0.25) is 0 Å². The van der Waals surface area contributed by atoms with Crippen molar-refractivity contribution in [3.05, 3.63) is 21.9 Å². The van der Waals surface area contributed by atoms with Gasteiger partial charge in [-0.3, -0.25) is 4.79 Å². The van der Waals surface area contributed by atoms with Crippen LogP contribution in [0.15, 0.2) is 12.1 Å². The Morgan fingerprint density at radius 2 is 2.17 bits per heavy atom. The van der Waals surface area contributed by atoms with Gasteiger partial charge in [0.15, 0.2) is 5.78 Å². The Labute approximate surface area is 114 Å². The SMILES string of the molecule is CCCC1(C(=O)Cc2ccc(CC)s2)CCCN1. The van der Waals surface area contributed by atoms with Crippen molar-refractivity contribution in [3.8, 4) is 0 Å². The molecule has 0 amide bonds. The molecule has 1 atom stereocenters. The van der Waals surface area contributed by atoms with E-state index in [9.17, 15) is 4.79 Å². The Kier molecular flexibility index (Phi) is 4.57. The summed E-state index contributed by atoms with van der Waals surface area (Å²) in [5, 5.41) is 3.47. The number of hydrogen-bond acceptors (Lipinski definition) is 3. The highest BCUT2D eigenvalue weighted by Crippen LogP contribution is 2.28. The number of hydrogen-bond donors (Lipinski definition) is 1. The number of carbonyl (C=O) groups excluding carboxylic acids is 1. The van der Waals surface area contributed by atoms with Crippen molar-refractivity contribution in [2.75, 3.05) is 6.54 Å². The summed E-state index contributed by atoms with van der Waals surface area (Å²) in [4.78, 5) is 15.2. The molecule has 2 nitrogen and oxygen atoms in total. The molecule has 0 aromatic carbocycles. The van der Waals surface area contributed by atoms with E-state index < -0.39 is 0 Å². The van der Waals surface area contributed by atoms with E-state index in [0.717, 1.165) is 38.6 Å². The third-order valence-corrected chi connectivity index (χ3v) is 5.08. The third-order valence-electron chi connectivity index (χ3n) is 3.85. The maximum Gasteiger partial charge on any atom is 0.158 e. The van der Waals surface area contributed by atoms with Gasteiger partial charge in [0.25, 0.3) is 0 Å². The number of nitrogens with one attached hydrogen (secondary N) is 1. The molecule has 2 heterocycles. The lowest BCUT2D eigenvalue weighted by Gasteiger charge is -2.27. The van der Waals surface area contributed by atoms with Crippen LogP contribution in [0, 0.1) is 0 Å². The van der Waals surface area contributed by atoms with Gasteiger partial charge in [0.1, 0.15) is 0 Å². The van der Waals surface area contributed by atoms with Gasteiger partial charge in [-0.05, 0) is 44.4 Å². The molecule has 0 radical (unpaired) electrons. The van der Waals surface area contributed by atoms with E-state index in [-0.39, 0.29) is 5.54 Å². The van der Waals surface area contributed by atoms with Gasteiger partial charge >= 0.3 is 0 Å². The highest BCUT2D eigenvalue weighted by molar-refractivity contribution is 7.12. The van der Waals surface area contributed by atoms with Crippen molar-refractivity contribution < 1.29 is 4.79 Å². The van der Waals surface area contributed by atoms with Gasteiger partial charge in [0.2, 0.25) is 0 Å². The summed E-state index contributed by atoms with van der Waals surface area (Å²) in [6.45, 7) is 5.32. The summed E-state index contributed by atoms with van der Waals surface area (Å²) in [6, 6.07) is 4.28. The molecule has 2 rings (SSSR count). The van der Waals surface area contributed by atoms with Crippen LogP contribution in [-0.4, -0.2) is 17.9 Å². The fraction of sp³-hybridized carbons (Fsp3) is 0.667. The molecular weight excluding hydrogens is 242 g/mol. The second kappa shape index (κ2) is 5.98. The van der Waals surface area contributed by atoms with Crippen LogP contribution in [0.4, 0.5) is 0 Å². The largest absolute Gasteiger partial charge is 0.305 e. The van der Waals surface area contributed by atoms with E-state index >= 15 is 0 Å². The minimum Gasteiger partial charge on any atom is -0.305 e. The molecule has 0 saturated carbocycles. The summed E-state index contributed by atoms with van der Waals surface area (Å²) in [5.74, 6) is 0.395. The van der Waals surface area contributed by atoms with Gasteiger partial charge in [0, 0.05) is 16.2 Å². The van der Waals surface area contributed by atoms with Crippen molar-refractivity contribution >= 4 is 17.1 Å². The predicted octanol–water partition coefficient (Wildman–Crippen LogP) is 3.34. The summed E-state index contributed by atoms with van der Waals surface area (Å²) >= 11 is 1.79. The van der Waals surface area contributed by atoms with Crippen molar-refractivity contribution in [2.45, 2.75) is 57.9 Å². The standard InChI is InChI=1S/C15H23NOS/c1-3-8-15(9-5-10-16-15)14(17)11-13-7-6-12(4-2)18-13/h6-7,16H,3-5,8-11H2,1-2H3. The molecular formula is C15H23NOS. The number of rotatable bonds is 6. The van der Waals surface area contributed by atoms with Crippen LogP contribution in [0.1, 0.15) is 49.3 Å². The first-order chi connectivity index (χ1) is 8.70. The number of aryl methyl sites for hydroxylation is 1. The number of thiophene rings is 1. The highest BCUT2D eigenvalue weighted by Gasteiger charge is 2.39. The van der Waals surface area contributed by atoms with Gasteiger partial charge in [-0.1, -0.05) is 20.3 Å². The first kappa shape index (κ1) is 13.8. The molecule has 0 aliphatic carbocycles. The minimum absolute atomic E-state index is 0.217. The van der Waals surface area contributed by atoms with Crippen LogP contribution < -0.4 is 5.32 Å². The Morgan fingerprint density at radius 1 is 1.39 bits per heavy atom. The van der Waals surface area contributed by atoms with Crippen LogP contribution in [0.5, 0.6) is 0 Å². The maximum atomic E-state index is 12.6. The topological polar surface area (TPSA) is 29.1 Å². The number of ketones is 1. The lowest BCUT2D eigenvalue weighted by molar-refractivity contribution is -0.124. The Bertz CT molecular complexity index is 404. The number of carbonyl (C=O) groups is 1. The fourth-order valence-electron chi connectivity index (χ4n) is 2.86. The molecule has 100 valence electrons. The minimum atomic E-state index is -0.217. The van der Waals surface area contributed by atoms with Crippen molar-refractivity contribution in [1.82, 2.24) is 5.32 Å². The summed E-state index contributed by atoms with van der Waals surface area (Å²) in [6.07, 6.45) is 5.89. The summed E-state index contributed by atoms with van der Waals surface area (Å²) in [7, 11) is 0. The van der Waals surface area contributed by atoms with E-state index in [1.54, 1.807) is 11.3 Å². The summed E-state index contributed by atoms with van der Waals surface area (Å²) < 4.78 is 0. The Morgan fingerprint density at radius 3 is 2.72 bits per heavy atom. The molecule has 1 aromatic rings. The van der Waals surface area contributed by atoms with Crippen molar-refractivity contribution in [1.29, 1.82) is 0 Å². The maximum absolute atomic E-state index is 12.6. The predicted molar refractivity (Wildman–Crippen MR) is 77.3 cm³/mol. The zero-order valence-electron chi connectivity index (χ0n) is 11.4. The van der Waals surface area contributed by atoms with Gasteiger partial charge < -0.3 is 5.32 Å². The van der Waals surface area contributed by atoms with Gasteiger partial charge in [-0.25, -0.2) is 0 Å². The molecule has 1 aliphatic heterocycles. The average Bonchev–Trinajstić information content (AvgIpc) is 2.99. The second-order valence-electron chi connectivity index (χ2n) is 5.18. The molecule has 1 saturated heterocycles. The molecule has 18 heavy (non-hydrogen) atoms. The van der Waals surface area contributed by atoms with Crippen molar-refractivity contribution in [3.63, 3.8) is 0 Å². The fourth-order valence-corrected chi connectivity index (χ4v) is 3.82. The normalized spacial score (nSPS) is 23.4. The molecule has 1 aliphatic rings. The van der Waals surface area contributed by atoms with E-state index in [1.807, 2.05) is 0 Å². The monoisotopic (exact) mass is 265 g/mol. The second-order valence-corrected chi connectivity index (χ2v) is 6.44. The highest BCUT2D eigenvalue weighted by atomic mass is 32.1. The third kappa shape index (κ3) is 2.83. The van der Waals surface area contributed by atoms with Crippen LogP contribution in [0.3, 0.4) is 0 Å². The smallest absolute Gasteiger partial charge is 0.158 e. The molecule has 0 spiro atoms.